The molecule has 2 aromatic carbocycles. The van der Waals surface area contributed by atoms with Crippen molar-refractivity contribution >= 4 is 26.5 Å². The van der Waals surface area contributed by atoms with Crippen molar-refractivity contribution in [3.05, 3.63) is 75.5 Å². The lowest BCUT2D eigenvalue weighted by atomic mass is 10.0. The first-order chi connectivity index (χ1) is 14.7. The number of piperazine rings is 1. The maximum atomic E-state index is 13.6. The summed E-state index contributed by atoms with van der Waals surface area (Å²) in [5, 5.41) is 2.99. The van der Waals surface area contributed by atoms with Crippen LogP contribution in [0.25, 0.3) is 0 Å². The fourth-order valence-electron chi connectivity index (χ4n) is 3.76. The maximum absolute atomic E-state index is 13.6. The molecule has 1 fully saturated rings. The monoisotopic (exact) mass is 459 g/mol. The van der Waals surface area contributed by atoms with Gasteiger partial charge in [-0.3, -0.25) is 0 Å². The van der Waals surface area contributed by atoms with Gasteiger partial charge in [-0.1, -0.05) is 24.3 Å². The highest BCUT2D eigenvalue weighted by Gasteiger charge is 2.30. The standard InChI is InChI=1S/C23H26FN3O2S2/c1-16-4-6-19(12-18(16)3)13-21-15-30-23(25-21)26-8-10-27(11-9-26)31(28,29)22-14-20(24)7-5-17(22)2/h4-7,12,14-15H,8-11,13H2,1-3H3. The van der Waals surface area contributed by atoms with Crippen molar-refractivity contribution in [1.82, 2.24) is 9.29 Å². The number of rotatable bonds is 5. The Bertz CT molecular complexity index is 1200. The van der Waals surface area contributed by atoms with Crippen molar-refractivity contribution in [2.75, 3.05) is 31.1 Å². The van der Waals surface area contributed by atoms with E-state index in [1.807, 2.05) is 0 Å². The maximum Gasteiger partial charge on any atom is 0.243 e. The van der Waals surface area contributed by atoms with Crippen molar-refractivity contribution in [1.29, 1.82) is 0 Å². The highest BCUT2D eigenvalue weighted by molar-refractivity contribution is 7.89. The summed E-state index contributed by atoms with van der Waals surface area (Å²) in [6.45, 7) is 7.73. The number of hydrogen-bond donors (Lipinski definition) is 0. The zero-order valence-corrected chi connectivity index (χ0v) is 19.6. The topological polar surface area (TPSA) is 53.5 Å². The van der Waals surface area contributed by atoms with Crippen molar-refractivity contribution in [2.45, 2.75) is 32.1 Å². The molecule has 0 saturated carbocycles. The molecule has 3 aromatic rings. The summed E-state index contributed by atoms with van der Waals surface area (Å²) in [6.07, 6.45) is 0.783. The molecule has 31 heavy (non-hydrogen) atoms. The third kappa shape index (κ3) is 4.66. The molecule has 8 heteroatoms. The van der Waals surface area contributed by atoms with E-state index in [2.05, 4.69) is 42.3 Å². The van der Waals surface area contributed by atoms with Crippen LogP contribution in [0.15, 0.2) is 46.7 Å². The third-order valence-electron chi connectivity index (χ3n) is 5.77. The normalized spacial score (nSPS) is 15.4. The van der Waals surface area contributed by atoms with E-state index >= 15 is 0 Å². The van der Waals surface area contributed by atoms with Crippen LogP contribution < -0.4 is 4.90 Å². The zero-order valence-electron chi connectivity index (χ0n) is 17.9. The Balaban J connectivity index is 1.42. The van der Waals surface area contributed by atoms with Crippen LogP contribution >= 0.6 is 11.3 Å². The number of anilines is 1. The Hall–Kier alpha value is -2.29. The lowest BCUT2D eigenvalue weighted by Gasteiger charge is -2.34. The first-order valence-corrected chi connectivity index (χ1v) is 12.6. The van der Waals surface area contributed by atoms with E-state index in [1.54, 1.807) is 18.3 Å². The average Bonchev–Trinajstić information content (AvgIpc) is 3.21. The van der Waals surface area contributed by atoms with E-state index in [1.165, 1.54) is 33.1 Å². The van der Waals surface area contributed by atoms with E-state index in [-0.39, 0.29) is 4.90 Å². The van der Waals surface area contributed by atoms with Crippen LogP contribution in [-0.2, 0) is 16.4 Å². The van der Waals surface area contributed by atoms with Gasteiger partial charge >= 0.3 is 0 Å². The van der Waals surface area contributed by atoms with Crippen LogP contribution in [0.4, 0.5) is 9.52 Å². The minimum Gasteiger partial charge on any atom is -0.345 e. The molecule has 1 aliphatic rings. The molecule has 1 saturated heterocycles. The predicted molar refractivity (Wildman–Crippen MR) is 123 cm³/mol. The lowest BCUT2D eigenvalue weighted by Crippen LogP contribution is -2.48. The molecule has 0 atom stereocenters. The van der Waals surface area contributed by atoms with E-state index in [4.69, 9.17) is 4.98 Å². The van der Waals surface area contributed by atoms with Gasteiger partial charge in [0, 0.05) is 38.0 Å². The average molecular weight is 460 g/mol. The third-order valence-corrected chi connectivity index (χ3v) is 8.76. The molecule has 0 bridgehead atoms. The SMILES string of the molecule is Cc1ccc(Cc2csc(N3CCN(S(=O)(=O)c4cc(F)ccc4C)CC3)n2)cc1C. The molecule has 2 heterocycles. The highest BCUT2D eigenvalue weighted by atomic mass is 32.2. The first-order valence-electron chi connectivity index (χ1n) is 10.3. The van der Waals surface area contributed by atoms with Gasteiger partial charge < -0.3 is 4.90 Å². The predicted octanol–water partition coefficient (Wildman–Crippen LogP) is 4.31. The minimum atomic E-state index is -3.71. The van der Waals surface area contributed by atoms with E-state index in [9.17, 15) is 12.8 Å². The van der Waals surface area contributed by atoms with Crippen molar-refractivity contribution < 1.29 is 12.8 Å². The van der Waals surface area contributed by atoms with Gasteiger partial charge in [-0.2, -0.15) is 4.31 Å². The van der Waals surface area contributed by atoms with Crippen LogP contribution in [0.3, 0.4) is 0 Å². The van der Waals surface area contributed by atoms with E-state index < -0.39 is 15.8 Å². The smallest absolute Gasteiger partial charge is 0.243 e. The van der Waals surface area contributed by atoms with Crippen LogP contribution in [0.2, 0.25) is 0 Å². The molecule has 1 aromatic heterocycles. The van der Waals surface area contributed by atoms with Crippen LogP contribution in [0.1, 0.15) is 27.9 Å². The van der Waals surface area contributed by atoms with Crippen LogP contribution in [0.5, 0.6) is 0 Å². The second-order valence-electron chi connectivity index (χ2n) is 8.02. The van der Waals surface area contributed by atoms with Crippen LogP contribution in [-0.4, -0.2) is 43.9 Å². The van der Waals surface area contributed by atoms with Gasteiger partial charge in [0.05, 0.1) is 10.6 Å². The fraction of sp³-hybridized carbons (Fsp3) is 0.348. The van der Waals surface area contributed by atoms with Gasteiger partial charge in [0.1, 0.15) is 5.82 Å². The van der Waals surface area contributed by atoms with E-state index in [0.29, 0.717) is 31.7 Å². The Morgan fingerprint density at radius 2 is 1.68 bits per heavy atom. The number of aromatic nitrogens is 1. The van der Waals surface area contributed by atoms with Crippen molar-refractivity contribution in [3.8, 4) is 0 Å². The second kappa shape index (κ2) is 8.68. The minimum absolute atomic E-state index is 0.0471. The summed E-state index contributed by atoms with van der Waals surface area (Å²) in [7, 11) is -3.71. The van der Waals surface area contributed by atoms with E-state index in [0.717, 1.165) is 23.3 Å². The van der Waals surface area contributed by atoms with Crippen LogP contribution in [0, 0.1) is 26.6 Å². The molecular formula is C23H26FN3O2S2. The molecule has 4 rings (SSSR count). The molecule has 0 aliphatic carbocycles. The summed E-state index contributed by atoms with van der Waals surface area (Å²) >= 11 is 1.59. The van der Waals surface area contributed by atoms with Gasteiger partial charge in [0.2, 0.25) is 10.0 Å². The van der Waals surface area contributed by atoms with Gasteiger partial charge in [-0.25, -0.2) is 17.8 Å². The fourth-order valence-corrected chi connectivity index (χ4v) is 6.29. The van der Waals surface area contributed by atoms with Crippen molar-refractivity contribution in [2.24, 2.45) is 0 Å². The van der Waals surface area contributed by atoms with Gasteiger partial charge in [0.15, 0.2) is 5.13 Å². The number of hydrogen-bond acceptors (Lipinski definition) is 5. The summed E-state index contributed by atoms with van der Waals surface area (Å²) < 4.78 is 41.0. The second-order valence-corrected chi connectivity index (χ2v) is 10.8. The first kappa shape index (κ1) is 21.9. The number of benzene rings is 2. The lowest BCUT2D eigenvalue weighted by molar-refractivity contribution is 0.384. The Morgan fingerprint density at radius 3 is 2.39 bits per heavy atom. The summed E-state index contributed by atoms with van der Waals surface area (Å²) in [4.78, 5) is 6.95. The molecule has 5 nitrogen and oxygen atoms in total. The molecule has 0 radical (unpaired) electrons. The molecule has 164 valence electrons. The Kier molecular flexibility index (Phi) is 6.14. The van der Waals surface area contributed by atoms with Gasteiger partial charge in [0.25, 0.3) is 0 Å². The zero-order chi connectivity index (χ0) is 22.2. The quantitative estimate of drug-likeness (QED) is 0.571. The number of halogens is 1. The molecule has 1 aliphatic heterocycles. The van der Waals surface area contributed by atoms with Crippen molar-refractivity contribution in [3.63, 3.8) is 0 Å². The number of nitrogens with zero attached hydrogens (tertiary/aromatic N) is 3. The largest absolute Gasteiger partial charge is 0.345 e. The highest BCUT2D eigenvalue weighted by Crippen LogP contribution is 2.27. The summed E-state index contributed by atoms with van der Waals surface area (Å²) in [5.74, 6) is -0.540. The van der Waals surface area contributed by atoms with Gasteiger partial charge in [-0.15, -0.1) is 11.3 Å². The molecular weight excluding hydrogens is 433 g/mol. The molecule has 0 amide bonds. The number of aryl methyl sites for hydroxylation is 3. The molecule has 0 spiro atoms. The summed E-state index contributed by atoms with van der Waals surface area (Å²) in [6, 6.07) is 10.4. The number of sulfonamides is 1. The number of thiazole rings is 1. The molecule has 0 N–H and O–H groups in total. The molecule has 0 unspecified atom stereocenters. The van der Waals surface area contributed by atoms with Gasteiger partial charge in [-0.05, 0) is 55.2 Å². The Labute approximate surface area is 187 Å². The Morgan fingerprint density at radius 1 is 0.968 bits per heavy atom. The summed E-state index contributed by atoms with van der Waals surface area (Å²) in [5.41, 5.74) is 5.37.